The van der Waals surface area contributed by atoms with Crippen LogP contribution in [0.15, 0.2) is 51.4 Å². The monoisotopic (exact) mass is 383 g/mol. The van der Waals surface area contributed by atoms with Gasteiger partial charge in [-0.2, -0.15) is 0 Å². The fraction of sp³-hybridized carbons (Fsp3) is 0.263. The largest absolute Gasteiger partial charge is 0.494 e. The third kappa shape index (κ3) is 4.03. The number of nitrogens with zero attached hydrogens (tertiary/aromatic N) is 3. The van der Waals surface area contributed by atoms with Crippen LogP contribution in [-0.4, -0.2) is 43.5 Å². The average molecular weight is 383 g/mol. The lowest BCUT2D eigenvalue weighted by atomic mass is 10.2. The van der Waals surface area contributed by atoms with E-state index in [9.17, 15) is 14.7 Å². The highest BCUT2D eigenvalue weighted by Crippen LogP contribution is 2.21. The highest BCUT2D eigenvalue weighted by molar-refractivity contribution is 6.00. The van der Waals surface area contributed by atoms with E-state index in [-0.39, 0.29) is 5.56 Å². The Morgan fingerprint density at radius 1 is 1.36 bits per heavy atom. The first-order chi connectivity index (χ1) is 13.5. The van der Waals surface area contributed by atoms with Crippen molar-refractivity contribution in [2.45, 2.75) is 20.3 Å². The van der Waals surface area contributed by atoms with Gasteiger partial charge in [0.15, 0.2) is 0 Å². The summed E-state index contributed by atoms with van der Waals surface area (Å²) in [6, 6.07) is 6.68. The van der Waals surface area contributed by atoms with Crippen molar-refractivity contribution in [1.29, 1.82) is 0 Å². The summed E-state index contributed by atoms with van der Waals surface area (Å²) < 4.78 is 6.46. The van der Waals surface area contributed by atoms with Crippen molar-refractivity contribution in [3.8, 4) is 17.3 Å². The van der Waals surface area contributed by atoms with Gasteiger partial charge in [-0.15, -0.1) is 0 Å². The number of aliphatic imine (C=N–C) groups is 1. The van der Waals surface area contributed by atoms with Crippen LogP contribution in [0.3, 0.4) is 0 Å². The first kappa shape index (κ1) is 19.2. The molecule has 3 N–H and O–H groups in total. The second-order valence-corrected chi connectivity index (χ2v) is 6.02. The summed E-state index contributed by atoms with van der Waals surface area (Å²) in [6.07, 6.45) is 3.88. The maximum Gasteiger partial charge on any atom is 0.335 e. The molecule has 0 aliphatic rings. The number of aromatic amines is 2. The zero-order chi connectivity index (χ0) is 20.1. The van der Waals surface area contributed by atoms with E-state index in [1.807, 2.05) is 6.92 Å². The van der Waals surface area contributed by atoms with Crippen LogP contribution in [-0.2, 0) is 6.42 Å². The lowest BCUT2D eigenvalue weighted by molar-refractivity contribution is 0.340. The molecule has 146 valence electrons. The van der Waals surface area contributed by atoms with Crippen LogP contribution in [0.2, 0.25) is 0 Å². The predicted molar refractivity (Wildman–Crippen MR) is 105 cm³/mol. The molecule has 0 aliphatic heterocycles. The summed E-state index contributed by atoms with van der Waals surface area (Å²) in [6.45, 7) is 4.31. The average Bonchev–Trinajstić information content (AvgIpc) is 3.15. The molecule has 3 rings (SSSR count). The number of aromatic nitrogens is 4. The van der Waals surface area contributed by atoms with Crippen molar-refractivity contribution >= 4 is 5.71 Å². The number of rotatable bonds is 7. The molecule has 3 aromatic rings. The van der Waals surface area contributed by atoms with E-state index in [1.165, 1.54) is 0 Å². The van der Waals surface area contributed by atoms with Gasteiger partial charge >= 0.3 is 5.69 Å². The summed E-state index contributed by atoms with van der Waals surface area (Å²) in [5.74, 6) is 0.0779. The third-order valence-electron chi connectivity index (χ3n) is 4.12. The van der Waals surface area contributed by atoms with Gasteiger partial charge in [-0.05, 0) is 26.0 Å². The zero-order valence-corrected chi connectivity index (χ0v) is 15.6. The Morgan fingerprint density at radius 2 is 2.18 bits per heavy atom. The molecule has 2 aromatic heterocycles. The molecule has 0 unspecified atom stereocenters. The Labute approximate surface area is 160 Å². The number of hydrogen-bond donors (Lipinski definition) is 3. The minimum atomic E-state index is -0.745. The SMILES string of the molecule is CCOc1cccc(-n2c(O)c(C(C)=NCCc3cnc[nH]3)c(=O)[nH]c2=O)c1. The maximum atomic E-state index is 12.3. The van der Waals surface area contributed by atoms with Gasteiger partial charge in [0.1, 0.15) is 11.3 Å². The van der Waals surface area contributed by atoms with Crippen LogP contribution in [0.5, 0.6) is 11.6 Å². The van der Waals surface area contributed by atoms with Crippen LogP contribution >= 0.6 is 0 Å². The Balaban J connectivity index is 1.99. The highest BCUT2D eigenvalue weighted by Gasteiger charge is 2.18. The van der Waals surface area contributed by atoms with E-state index in [0.717, 1.165) is 10.3 Å². The molecule has 0 aliphatic carbocycles. The van der Waals surface area contributed by atoms with Gasteiger partial charge in [-0.1, -0.05) is 6.07 Å². The number of nitrogens with one attached hydrogen (secondary N) is 2. The Kier molecular flexibility index (Phi) is 5.73. The maximum absolute atomic E-state index is 12.3. The fourth-order valence-electron chi connectivity index (χ4n) is 2.81. The van der Waals surface area contributed by atoms with Gasteiger partial charge in [0.25, 0.3) is 5.56 Å². The molecule has 0 radical (unpaired) electrons. The molecule has 28 heavy (non-hydrogen) atoms. The van der Waals surface area contributed by atoms with E-state index in [2.05, 4.69) is 19.9 Å². The van der Waals surface area contributed by atoms with Crippen molar-refractivity contribution < 1.29 is 9.84 Å². The number of aromatic hydroxyl groups is 1. The number of H-pyrrole nitrogens is 2. The number of ether oxygens (including phenoxy) is 1. The van der Waals surface area contributed by atoms with E-state index >= 15 is 0 Å². The molecule has 0 bridgehead atoms. The van der Waals surface area contributed by atoms with Gasteiger partial charge in [0.2, 0.25) is 5.88 Å². The zero-order valence-electron chi connectivity index (χ0n) is 15.6. The van der Waals surface area contributed by atoms with Crippen LogP contribution < -0.4 is 16.0 Å². The van der Waals surface area contributed by atoms with E-state index in [0.29, 0.717) is 36.7 Å². The Hall–Kier alpha value is -3.62. The lowest BCUT2D eigenvalue weighted by Crippen LogP contribution is -2.32. The Morgan fingerprint density at radius 3 is 2.89 bits per heavy atom. The first-order valence-electron chi connectivity index (χ1n) is 8.81. The molecule has 2 heterocycles. The molecule has 1 aromatic carbocycles. The smallest absolute Gasteiger partial charge is 0.335 e. The normalized spacial score (nSPS) is 11.6. The number of benzene rings is 1. The van der Waals surface area contributed by atoms with Crippen LogP contribution in [0, 0.1) is 0 Å². The van der Waals surface area contributed by atoms with Crippen molar-refractivity contribution in [2.24, 2.45) is 4.99 Å². The second kappa shape index (κ2) is 8.38. The molecule has 0 saturated carbocycles. The Bertz CT molecular complexity index is 1100. The van der Waals surface area contributed by atoms with Gasteiger partial charge in [-0.3, -0.25) is 14.8 Å². The molecule has 0 fully saturated rings. The van der Waals surface area contributed by atoms with E-state index < -0.39 is 17.1 Å². The van der Waals surface area contributed by atoms with E-state index in [1.54, 1.807) is 43.7 Å². The quantitative estimate of drug-likeness (QED) is 0.532. The van der Waals surface area contributed by atoms with Crippen molar-refractivity contribution in [1.82, 2.24) is 19.5 Å². The molecule has 9 nitrogen and oxygen atoms in total. The van der Waals surface area contributed by atoms with Crippen molar-refractivity contribution in [3.63, 3.8) is 0 Å². The van der Waals surface area contributed by atoms with Gasteiger partial charge in [0.05, 0.1) is 18.6 Å². The molecule has 0 saturated heterocycles. The molecular formula is C19H21N5O4. The molecule has 0 amide bonds. The molecular weight excluding hydrogens is 362 g/mol. The summed E-state index contributed by atoms with van der Waals surface area (Å²) in [5, 5.41) is 10.7. The summed E-state index contributed by atoms with van der Waals surface area (Å²) in [7, 11) is 0. The minimum absolute atomic E-state index is 0.0500. The third-order valence-corrected chi connectivity index (χ3v) is 4.12. The van der Waals surface area contributed by atoms with Crippen molar-refractivity contribution in [2.75, 3.05) is 13.2 Å². The van der Waals surface area contributed by atoms with Crippen LogP contribution in [0.4, 0.5) is 0 Å². The molecule has 9 heteroatoms. The standard InChI is InChI=1S/C19H21N5O4/c1-3-28-15-6-4-5-14(9-15)24-18(26)16(17(25)23-19(24)27)12(2)21-8-7-13-10-20-11-22-13/h4-6,9-11,26H,3,7-8H2,1-2H3,(H,20,22)(H,23,25,27). The van der Waals surface area contributed by atoms with Gasteiger partial charge in [-0.25, -0.2) is 14.3 Å². The van der Waals surface area contributed by atoms with Gasteiger partial charge < -0.3 is 14.8 Å². The number of hydrogen-bond acceptors (Lipinski definition) is 6. The lowest BCUT2D eigenvalue weighted by Gasteiger charge is -2.12. The summed E-state index contributed by atoms with van der Waals surface area (Å²) >= 11 is 0. The number of imidazole rings is 1. The second-order valence-electron chi connectivity index (χ2n) is 6.02. The summed E-state index contributed by atoms with van der Waals surface area (Å²) in [5.41, 5.74) is 0.121. The minimum Gasteiger partial charge on any atom is -0.494 e. The fourth-order valence-corrected chi connectivity index (χ4v) is 2.81. The predicted octanol–water partition coefficient (Wildman–Crippen LogP) is 1.40. The van der Waals surface area contributed by atoms with E-state index in [4.69, 9.17) is 4.74 Å². The highest BCUT2D eigenvalue weighted by atomic mass is 16.5. The first-order valence-corrected chi connectivity index (χ1v) is 8.81. The molecule has 0 atom stereocenters. The summed E-state index contributed by atoms with van der Waals surface area (Å²) in [4.78, 5) is 38.1. The van der Waals surface area contributed by atoms with Crippen LogP contribution in [0.1, 0.15) is 25.1 Å². The van der Waals surface area contributed by atoms with Crippen molar-refractivity contribution in [3.05, 3.63) is 68.9 Å². The molecule has 0 spiro atoms. The van der Waals surface area contributed by atoms with Gasteiger partial charge in [0, 0.05) is 36.6 Å². The topological polar surface area (TPSA) is 125 Å². The van der Waals surface area contributed by atoms with Crippen LogP contribution in [0.25, 0.3) is 5.69 Å².